The minimum absolute atomic E-state index is 0.0180. The third-order valence-electron chi connectivity index (χ3n) is 2.34. The van der Waals surface area contributed by atoms with E-state index in [2.05, 4.69) is 6.58 Å². The summed E-state index contributed by atoms with van der Waals surface area (Å²) < 4.78 is 6.02. The molecule has 1 aromatic rings. The van der Waals surface area contributed by atoms with Crippen molar-refractivity contribution in [3.8, 4) is 0 Å². The first kappa shape index (κ1) is 10.7. The molecular formula is C9H10N2O5. The van der Waals surface area contributed by atoms with Crippen LogP contribution in [-0.4, -0.2) is 32.0 Å². The van der Waals surface area contributed by atoms with Crippen LogP contribution in [0.15, 0.2) is 34.2 Å². The fraction of sp³-hybridized carbons (Fsp3) is 0.333. The molecule has 1 fully saturated rings. The monoisotopic (exact) mass is 226 g/mol. The summed E-state index contributed by atoms with van der Waals surface area (Å²) in [5, 5.41) is 19.0. The molecule has 0 spiro atoms. The Labute approximate surface area is 89.2 Å². The highest BCUT2D eigenvalue weighted by Crippen LogP contribution is 2.29. The summed E-state index contributed by atoms with van der Waals surface area (Å²) in [6.07, 6.45) is -2.44. The largest absolute Gasteiger partial charge is 0.469 e. The second kappa shape index (κ2) is 3.62. The Hall–Kier alpha value is -1.86. The summed E-state index contributed by atoms with van der Waals surface area (Å²) in [7, 11) is 0. The average Bonchev–Trinajstić information content (AvgIpc) is 2.46. The summed E-state index contributed by atoms with van der Waals surface area (Å²) in [6.45, 7) is 3.39. The van der Waals surface area contributed by atoms with Gasteiger partial charge in [0.25, 0.3) is 5.56 Å². The van der Waals surface area contributed by atoms with Gasteiger partial charge >= 0.3 is 5.69 Å². The van der Waals surface area contributed by atoms with E-state index in [-0.39, 0.29) is 5.76 Å². The van der Waals surface area contributed by atoms with E-state index in [1.807, 2.05) is 4.98 Å². The molecule has 1 saturated heterocycles. The third kappa shape index (κ3) is 1.55. The van der Waals surface area contributed by atoms with Crippen molar-refractivity contribution in [2.24, 2.45) is 0 Å². The second-order valence-electron chi connectivity index (χ2n) is 3.43. The molecule has 86 valence electrons. The van der Waals surface area contributed by atoms with Crippen molar-refractivity contribution in [3.63, 3.8) is 0 Å². The number of nitrogens with zero attached hydrogens (tertiary/aromatic N) is 1. The molecule has 2 rings (SSSR count). The van der Waals surface area contributed by atoms with Crippen LogP contribution >= 0.6 is 0 Å². The highest BCUT2D eigenvalue weighted by molar-refractivity contribution is 5.05. The Morgan fingerprint density at radius 2 is 2.12 bits per heavy atom. The van der Waals surface area contributed by atoms with Gasteiger partial charge in [-0.05, 0) is 0 Å². The molecule has 0 aliphatic carbocycles. The van der Waals surface area contributed by atoms with Crippen LogP contribution in [0.2, 0.25) is 0 Å². The SMILES string of the molecule is C=C1O[C@H](n2ccc(=O)[nH]c2=O)C(O)C1O. The summed E-state index contributed by atoms with van der Waals surface area (Å²) in [5.41, 5.74) is -1.27. The molecule has 16 heavy (non-hydrogen) atoms. The quantitative estimate of drug-likeness (QED) is 0.529. The van der Waals surface area contributed by atoms with E-state index in [1.165, 1.54) is 6.20 Å². The smallest absolute Gasteiger partial charge is 0.331 e. The number of aromatic nitrogens is 2. The van der Waals surface area contributed by atoms with Gasteiger partial charge in [0.05, 0.1) is 0 Å². The first-order valence-corrected chi connectivity index (χ1v) is 4.54. The first-order chi connectivity index (χ1) is 7.50. The van der Waals surface area contributed by atoms with Crippen LogP contribution in [0.4, 0.5) is 0 Å². The summed E-state index contributed by atoms with van der Waals surface area (Å²) >= 11 is 0. The van der Waals surface area contributed by atoms with E-state index >= 15 is 0 Å². The van der Waals surface area contributed by atoms with Crippen LogP contribution in [0.25, 0.3) is 0 Å². The van der Waals surface area contributed by atoms with E-state index < -0.39 is 29.7 Å². The average molecular weight is 226 g/mol. The molecule has 0 bridgehead atoms. The maximum absolute atomic E-state index is 11.4. The van der Waals surface area contributed by atoms with E-state index in [4.69, 9.17) is 4.74 Å². The van der Waals surface area contributed by atoms with Crippen LogP contribution in [0, 0.1) is 0 Å². The summed E-state index contributed by atoms with van der Waals surface area (Å²) in [6, 6.07) is 1.12. The molecule has 0 saturated carbocycles. The van der Waals surface area contributed by atoms with E-state index in [9.17, 15) is 19.8 Å². The lowest BCUT2D eigenvalue weighted by Gasteiger charge is -2.15. The zero-order valence-corrected chi connectivity index (χ0v) is 8.16. The number of hydrogen-bond acceptors (Lipinski definition) is 5. The van der Waals surface area contributed by atoms with Crippen molar-refractivity contribution < 1.29 is 14.9 Å². The molecule has 3 N–H and O–H groups in total. The van der Waals surface area contributed by atoms with Gasteiger partial charge in [0.2, 0.25) is 6.23 Å². The maximum atomic E-state index is 11.4. The van der Waals surface area contributed by atoms with Crippen LogP contribution in [0.1, 0.15) is 6.23 Å². The first-order valence-electron chi connectivity index (χ1n) is 4.54. The number of H-pyrrole nitrogens is 1. The Bertz CT molecular complexity index is 531. The Balaban J connectivity index is 2.43. The fourth-order valence-electron chi connectivity index (χ4n) is 1.49. The molecule has 2 unspecified atom stereocenters. The van der Waals surface area contributed by atoms with Crippen molar-refractivity contribution in [1.29, 1.82) is 0 Å². The topological polar surface area (TPSA) is 105 Å². The predicted octanol–water partition coefficient (Wildman–Crippen LogP) is -1.70. The number of aliphatic hydroxyl groups is 2. The van der Waals surface area contributed by atoms with Gasteiger partial charge in [0.15, 0.2) is 0 Å². The van der Waals surface area contributed by atoms with Crippen LogP contribution in [-0.2, 0) is 4.74 Å². The minimum atomic E-state index is -1.30. The van der Waals surface area contributed by atoms with Crippen molar-refractivity contribution in [3.05, 3.63) is 45.4 Å². The highest BCUT2D eigenvalue weighted by Gasteiger charge is 2.40. The summed E-state index contributed by atoms with van der Waals surface area (Å²) in [5.74, 6) is -0.0180. The molecule has 0 radical (unpaired) electrons. The molecule has 0 amide bonds. The summed E-state index contributed by atoms with van der Waals surface area (Å²) in [4.78, 5) is 24.2. The van der Waals surface area contributed by atoms with E-state index in [0.29, 0.717) is 0 Å². The zero-order chi connectivity index (χ0) is 11.9. The predicted molar refractivity (Wildman–Crippen MR) is 52.6 cm³/mol. The van der Waals surface area contributed by atoms with Gasteiger partial charge in [-0.25, -0.2) is 4.79 Å². The van der Waals surface area contributed by atoms with Gasteiger partial charge in [-0.3, -0.25) is 14.3 Å². The van der Waals surface area contributed by atoms with Crippen molar-refractivity contribution in [2.75, 3.05) is 0 Å². The number of hydrogen-bond donors (Lipinski definition) is 3. The normalized spacial score (nSPS) is 29.1. The Kier molecular flexibility index (Phi) is 2.41. The van der Waals surface area contributed by atoms with Gasteiger partial charge in [-0.1, -0.05) is 6.58 Å². The van der Waals surface area contributed by atoms with Crippen LogP contribution in [0.5, 0.6) is 0 Å². The lowest BCUT2D eigenvalue weighted by molar-refractivity contribution is -0.0163. The molecule has 7 heteroatoms. The number of nitrogens with one attached hydrogen (secondary N) is 1. The van der Waals surface area contributed by atoms with Gasteiger partial charge in [0.1, 0.15) is 18.0 Å². The van der Waals surface area contributed by atoms with Gasteiger partial charge in [-0.15, -0.1) is 0 Å². The number of ether oxygens (including phenoxy) is 1. The third-order valence-corrected chi connectivity index (χ3v) is 2.34. The minimum Gasteiger partial charge on any atom is -0.469 e. The molecule has 1 aromatic heterocycles. The number of rotatable bonds is 1. The molecule has 2 heterocycles. The molecule has 1 aliphatic rings. The molecule has 0 aromatic carbocycles. The standard InChI is InChI=1S/C9H10N2O5/c1-4-6(13)7(14)8(16-4)11-3-2-5(12)10-9(11)15/h2-3,6-8,13-14H,1H2,(H,10,12,15)/t6?,7?,8-/m0/s1. The van der Waals surface area contributed by atoms with Gasteiger partial charge < -0.3 is 14.9 Å². The molecule has 3 atom stereocenters. The van der Waals surface area contributed by atoms with E-state index in [0.717, 1.165) is 10.6 Å². The van der Waals surface area contributed by atoms with Crippen molar-refractivity contribution >= 4 is 0 Å². The fourth-order valence-corrected chi connectivity index (χ4v) is 1.49. The molecule has 7 nitrogen and oxygen atoms in total. The Morgan fingerprint density at radius 3 is 2.62 bits per heavy atom. The molecule has 1 aliphatic heterocycles. The highest BCUT2D eigenvalue weighted by atomic mass is 16.5. The van der Waals surface area contributed by atoms with Gasteiger partial charge in [-0.2, -0.15) is 0 Å². The lowest BCUT2D eigenvalue weighted by atomic mass is 10.2. The molecular weight excluding hydrogens is 216 g/mol. The lowest BCUT2D eigenvalue weighted by Crippen LogP contribution is -2.37. The van der Waals surface area contributed by atoms with Crippen LogP contribution < -0.4 is 11.2 Å². The van der Waals surface area contributed by atoms with Gasteiger partial charge in [0, 0.05) is 12.3 Å². The van der Waals surface area contributed by atoms with Crippen LogP contribution in [0.3, 0.4) is 0 Å². The number of aliphatic hydroxyl groups excluding tert-OH is 2. The second-order valence-corrected chi connectivity index (χ2v) is 3.43. The van der Waals surface area contributed by atoms with Crippen molar-refractivity contribution in [1.82, 2.24) is 9.55 Å². The number of aromatic amines is 1. The maximum Gasteiger partial charge on any atom is 0.331 e. The Morgan fingerprint density at radius 1 is 1.44 bits per heavy atom. The van der Waals surface area contributed by atoms with E-state index in [1.54, 1.807) is 0 Å². The van der Waals surface area contributed by atoms with Crippen molar-refractivity contribution in [2.45, 2.75) is 18.4 Å². The zero-order valence-electron chi connectivity index (χ0n) is 8.16.